The molecule has 1 aliphatic heterocycles. The van der Waals surface area contributed by atoms with Crippen LogP contribution < -0.4 is 0 Å². The lowest BCUT2D eigenvalue weighted by atomic mass is 9.97. The Hall–Kier alpha value is -2.26. The quantitative estimate of drug-likeness (QED) is 0.491. The van der Waals surface area contributed by atoms with Crippen molar-refractivity contribution in [3.63, 3.8) is 0 Å². The van der Waals surface area contributed by atoms with Gasteiger partial charge in [-0.3, -0.25) is 9.38 Å². The van der Waals surface area contributed by atoms with Crippen molar-refractivity contribution in [2.45, 2.75) is 11.4 Å². The van der Waals surface area contributed by atoms with E-state index < -0.39 is 10.0 Å². The highest BCUT2D eigenvalue weighted by atomic mass is 35.5. The Morgan fingerprint density at radius 1 is 1.18 bits per heavy atom. The number of sulfonamides is 1. The van der Waals surface area contributed by atoms with Gasteiger partial charge in [0.1, 0.15) is 0 Å². The van der Waals surface area contributed by atoms with Crippen LogP contribution in [0.25, 0.3) is 21.3 Å². The molecule has 4 aromatic rings. The summed E-state index contributed by atoms with van der Waals surface area (Å²) in [6.07, 6.45) is 7.94. The number of thiazole rings is 1. The summed E-state index contributed by atoms with van der Waals surface area (Å²) in [5.41, 5.74) is 2.16. The molecule has 1 aliphatic rings. The highest BCUT2D eigenvalue weighted by Gasteiger charge is 2.32. The van der Waals surface area contributed by atoms with Gasteiger partial charge in [0.2, 0.25) is 0 Å². The zero-order chi connectivity index (χ0) is 19.3. The average molecular weight is 431 g/mol. The van der Waals surface area contributed by atoms with Crippen LogP contribution >= 0.6 is 22.9 Å². The van der Waals surface area contributed by atoms with Gasteiger partial charge >= 0.3 is 0 Å². The van der Waals surface area contributed by atoms with E-state index in [1.807, 2.05) is 36.7 Å². The number of hydrogen-bond donors (Lipinski definition) is 0. The third-order valence-corrected chi connectivity index (χ3v) is 7.97. The average Bonchev–Trinajstić information content (AvgIpc) is 3.27. The second-order valence-corrected chi connectivity index (χ2v) is 9.60. The van der Waals surface area contributed by atoms with E-state index in [1.54, 1.807) is 11.6 Å². The van der Waals surface area contributed by atoms with E-state index in [4.69, 9.17) is 11.6 Å². The largest absolute Gasteiger partial charge is 0.279 e. The summed E-state index contributed by atoms with van der Waals surface area (Å²) < 4.78 is 29.3. The molecule has 0 spiro atoms. The lowest BCUT2D eigenvalue weighted by Crippen LogP contribution is -2.35. The molecule has 0 fully saturated rings. The molecule has 0 saturated carbocycles. The van der Waals surface area contributed by atoms with Crippen LogP contribution in [0.15, 0.2) is 59.3 Å². The van der Waals surface area contributed by atoms with Crippen molar-refractivity contribution < 1.29 is 8.42 Å². The monoisotopic (exact) mass is 430 g/mol. The highest BCUT2D eigenvalue weighted by molar-refractivity contribution is 7.89. The third kappa shape index (κ3) is 2.76. The molecule has 142 valence electrons. The van der Waals surface area contributed by atoms with Gasteiger partial charge in [-0.1, -0.05) is 41.9 Å². The lowest BCUT2D eigenvalue weighted by molar-refractivity contribution is 0.438. The fraction of sp³-hybridized carbons (Fsp3) is 0.158. The molecule has 0 N–H and O–H groups in total. The fourth-order valence-corrected chi connectivity index (χ4v) is 6.36. The first-order valence-electron chi connectivity index (χ1n) is 8.69. The standard InChI is InChI=1S/C19H15ClN4O2S2/c20-17-18(24-9-10-27-19(24)22-17)28(25,26)23-7-5-13(6-8-23)16-12-21-11-14-3-1-2-4-15(14)16/h1-5,9-12H,6-8H2. The van der Waals surface area contributed by atoms with Crippen LogP contribution in [0.4, 0.5) is 0 Å². The van der Waals surface area contributed by atoms with Crippen LogP contribution in [0.2, 0.25) is 5.15 Å². The Labute approximate surface area is 170 Å². The van der Waals surface area contributed by atoms with Crippen molar-refractivity contribution in [1.29, 1.82) is 0 Å². The normalized spacial score (nSPS) is 16.0. The number of nitrogens with zero attached hydrogens (tertiary/aromatic N) is 4. The van der Waals surface area contributed by atoms with Crippen LogP contribution in [0.5, 0.6) is 0 Å². The van der Waals surface area contributed by atoms with Crippen LogP contribution in [-0.2, 0) is 10.0 Å². The molecule has 9 heteroatoms. The van der Waals surface area contributed by atoms with Crippen LogP contribution in [0.3, 0.4) is 0 Å². The molecule has 6 nitrogen and oxygen atoms in total. The van der Waals surface area contributed by atoms with Crippen LogP contribution in [-0.4, -0.2) is 40.2 Å². The van der Waals surface area contributed by atoms with Gasteiger partial charge in [0.25, 0.3) is 10.0 Å². The molecule has 28 heavy (non-hydrogen) atoms. The van der Waals surface area contributed by atoms with E-state index in [0.29, 0.717) is 17.9 Å². The van der Waals surface area contributed by atoms with Gasteiger partial charge in [0.05, 0.1) is 0 Å². The maximum atomic E-state index is 13.2. The molecule has 0 amide bonds. The van der Waals surface area contributed by atoms with Crippen molar-refractivity contribution >= 4 is 54.3 Å². The predicted molar refractivity (Wildman–Crippen MR) is 111 cm³/mol. The summed E-state index contributed by atoms with van der Waals surface area (Å²) in [4.78, 5) is 9.05. The smallest absolute Gasteiger partial charge is 0.262 e. The van der Waals surface area contributed by atoms with E-state index in [-0.39, 0.29) is 16.7 Å². The van der Waals surface area contributed by atoms with Gasteiger partial charge in [0.15, 0.2) is 15.1 Å². The van der Waals surface area contributed by atoms with Crippen molar-refractivity contribution in [3.8, 4) is 0 Å². The van der Waals surface area contributed by atoms with Gasteiger partial charge in [-0.15, -0.1) is 11.3 Å². The van der Waals surface area contributed by atoms with Crippen LogP contribution in [0, 0.1) is 0 Å². The summed E-state index contributed by atoms with van der Waals surface area (Å²) in [7, 11) is -3.75. The number of aromatic nitrogens is 3. The van der Waals surface area contributed by atoms with E-state index in [2.05, 4.69) is 16.0 Å². The first-order valence-corrected chi connectivity index (χ1v) is 11.4. The first-order chi connectivity index (χ1) is 13.6. The SMILES string of the molecule is O=S(=O)(c1c(Cl)nc2sccn12)N1CC=C(c2cncc3ccccc23)CC1. The van der Waals surface area contributed by atoms with Gasteiger partial charge in [-0.05, 0) is 17.4 Å². The van der Waals surface area contributed by atoms with Gasteiger partial charge in [-0.2, -0.15) is 4.31 Å². The molecule has 4 heterocycles. The molecule has 0 unspecified atom stereocenters. The topological polar surface area (TPSA) is 67.6 Å². The zero-order valence-corrected chi connectivity index (χ0v) is 17.0. The number of pyridine rings is 1. The number of fused-ring (bicyclic) bond motifs is 2. The summed E-state index contributed by atoms with van der Waals surface area (Å²) in [6, 6.07) is 8.08. The Morgan fingerprint density at radius 3 is 2.86 bits per heavy atom. The number of benzene rings is 1. The maximum Gasteiger partial charge on any atom is 0.262 e. The first kappa shape index (κ1) is 17.8. The Balaban J connectivity index is 1.50. The number of rotatable bonds is 3. The second kappa shape index (κ2) is 6.66. The Kier molecular flexibility index (Phi) is 4.24. The van der Waals surface area contributed by atoms with Crippen molar-refractivity contribution in [2.75, 3.05) is 13.1 Å². The molecule has 0 atom stereocenters. The zero-order valence-electron chi connectivity index (χ0n) is 14.6. The summed E-state index contributed by atoms with van der Waals surface area (Å²) in [5.74, 6) is 0. The van der Waals surface area contributed by atoms with E-state index in [9.17, 15) is 8.42 Å². The number of imidazole rings is 1. The van der Waals surface area contributed by atoms with Crippen LogP contribution in [0.1, 0.15) is 12.0 Å². The molecular weight excluding hydrogens is 416 g/mol. The van der Waals surface area contributed by atoms with E-state index in [0.717, 1.165) is 21.9 Å². The molecule has 3 aromatic heterocycles. The van der Waals surface area contributed by atoms with E-state index >= 15 is 0 Å². The highest BCUT2D eigenvalue weighted by Crippen LogP contribution is 2.32. The predicted octanol–water partition coefficient (Wildman–Crippen LogP) is 4.08. The van der Waals surface area contributed by atoms with Gasteiger partial charge in [-0.25, -0.2) is 13.4 Å². The third-order valence-electron chi connectivity index (χ3n) is 4.95. The van der Waals surface area contributed by atoms with Crippen molar-refractivity contribution in [1.82, 2.24) is 18.7 Å². The second-order valence-electron chi connectivity index (χ2n) is 6.51. The fourth-order valence-electron chi connectivity index (χ4n) is 3.58. The molecule has 0 bridgehead atoms. The minimum Gasteiger partial charge on any atom is -0.279 e. The summed E-state index contributed by atoms with van der Waals surface area (Å²) in [5, 5.41) is 4.04. The van der Waals surface area contributed by atoms with Crippen molar-refractivity contribution in [2.24, 2.45) is 0 Å². The van der Waals surface area contributed by atoms with Gasteiger partial charge < -0.3 is 0 Å². The minimum atomic E-state index is -3.75. The molecule has 5 rings (SSSR count). The lowest BCUT2D eigenvalue weighted by Gasteiger charge is -2.26. The van der Waals surface area contributed by atoms with Gasteiger partial charge in [0, 0.05) is 48.0 Å². The molecular formula is C19H15ClN4O2S2. The summed E-state index contributed by atoms with van der Waals surface area (Å²) >= 11 is 7.50. The Morgan fingerprint density at radius 2 is 2.04 bits per heavy atom. The molecule has 1 aromatic carbocycles. The maximum absolute atomic E-state index is 13.2. The minimum absolute atomic E-state index is 0.0138. The number of hydrogen-bond acceptors (Lipinski definition) is 5. The molecule has 0 aliphatic carbocycles. The Bertz CT molecular complexity index is 1340. The van der Waals surface area contributed by atoms with Crippen molar-refractivity contribution in [3.05, 3.63) is 65.0 Å². The summed E-state index contributed by atoms with van der Waals surface area (Å²) in [6.45, 7) is 0.666. The molecule has 0 saturated heterocycles. The van der Waals surface area contributed by atoms with E-state index in [1.165, 1.54) is 20.0 Å². The molecule has 0 radical (unpaired) electrons. The number of halogens is 1.